The summed E-state index contributed by atoms with van der Waals surface area (Å²) in [6.45, 7) is -5.19. The van der Waals surface area contributed by atoms with E-state index in [0.29, 0.717) is 6.92 Å². The van der Waals surface area contributed by atoms with Gasteiger partial charge in [-0.25, -0.2) is 35.1 Å². The number of rotatable bonds is 7. The van der Waals surface area contributed by atoms with Gasteiger partial charge >= 0.3 is 25.5 Å². The van der Waals surface area contributed by atoms with E-state index in [1.807, 2.05) is 0 Å². The van der Waals surface area contributed by atoms with E-state index >= 15 is 0 Å². The molecule has 0 N–H and O–H groups in total. The minimum absolute atomic E-state index is 0. The number of halogens is 14. The van der Waals surface area contributed by atoms with Gasteiger partial charge in [-0.05, 0) is 6.92 Å². The van der Waals surface area contributed by atoms with Crippen LogP contribution < -0.4 is 0 Å². The predicted molar refractivity (Wildman–Crippen MR) is 90.7 cm³/mol. The van der Waals surface area contributed by atoms with E-state index in [1.54, 1.807) is 0 Å². The molecule has 0 aliphatic carbocycles. The molecule has 0 aromatic heterocycles. The van der Waals surface area contributed by atoms with Crippen LogP contribution in [0.5, 0.6) is 0 Å². The van der Waals surface area contributed by atoms with Crippen molar-refractivity contribution in [2.45, 2.75) is 78.7 Å². The third kappa shape index (κ3) is 18.0. The molecule has 0 radical (unpaired) electrons. The molecule has 19 heteroatoms. The van der Waals surface area contributed by atoms with Crippen LogP contribution in [0.15, 0.2) is 0 Å². The molecule has 0 aliphatic rings. The summed E-state index contributed by atoms with van der Waals surface area (Å²) in [7, 11) is -5.42. The monoisotopic (exact) mass is 556 g/mol. The van der Waals surface area contributed by atoms with Crippen molar-refractivity contribution in [2.75, 3.05) is 13.3 Å². The molecule has 1 unspecified atom stereocenters. The third-order valence-electron chi connectivity index (χ3n) is 2.40. The molecule has 0 rings (SSSR count). The van der Waals surface area contributed by atoms with E-state index in [-0.39, 0.29) is 23.7 Å². The second-order valence-corrected chi connectivity index (χ2v) is 6.25. The first-order chi connectivity index (χ1) is 12.6. The van der Waals surface area contributed by atoms with Gasteiger partial charge in [0, 0.05) is 13.8 Å². The highest BCUT2D eigenvalue weighted by Gasteiger charge is 2.72. The molecule has 0 saturated carbocycles. The average Bonchev–Trinajstić information content (AvgIpc) is 2.42. The van der Waals surface area contributed by atoms with Crippen LogP contribution in [-0.4, -0.2) is 62.0 Å². The van der Waals surface area contributed by atoms with Gasteiger partial charge in [-0.15, -0.1) is 3.89 Å². The normalized spacial score (nSPS) is 14.5. The van der Waals surface area contributed by atoms with E-state index in [9.17, 15) is 61.0 Å². The summed E-state index contributed by atoms with van der Waals surface area (Å²) in [5, 5.41) is 0. The highest BCUT2D eigenvalue weighted by Crippen LogP contribution is 2.49. The topological polar surface area (TPSA) is 66.4 Å². The van der Waals surface area contributed by atoms with Crippen molar-refractivity contribution in [3.8, 4) is 0 Å². The number of hydrogen-bond acceptors (Lipinski definition) is 4. The number of hydrogen-bond donors (Lipinski definition) is 0. The number of ether oxygens (including phenoxy) is 1. The summed E-state index contributed by atoms with van der Waals surface area (Å²) >= 11 is 0. The lowest BCUT2D eigenvalue weighted by Gasteiger charge is -2.36. The van der Waals surface area contributed by atoms with Crippen LogP contribution in [0.1, 0.15) is 44.5 Å². The maximum absolute atomic E-state index is 13.1. The highest BCUT2D eigenvalue weighted by molar-refractivity contribution is 7.80. The van der Waals surface area contributed by atoms with E-state index in [0.717, 1.165) is 0 Å². The summed E-state index contributed by atoms with van der Waals surface area (Å²) in [5.74, 6) is -13.7. The van der Waals surface area contributed by atoms with Crippen LogP contribution >= 0.6 is 0 Å². The summed E-state index contributed by atoms with van der Waals surface area (Å²) in [6, 6.07) is 0. The highest BCUT2D eigenvalue weighted by atomic mass is 32.3. The zero-order valence-electron chi connectivity index (χ0n) is 15.7. The van der Waals surface area contributed by atoms with E-state index in [4.69, 9.17) is 13.0 Å². The van der Waals surface area contributed by atoms with Crippen LogP contribution in [0.3, 0.4) is 0 Å². The molecule has 4 nitrogen and oxygen atoms in total. The SMILES string of the molecule is C.C.C.CC(F)(F)C(F)(F)OC(F)(F)C(C)(F)C(F)(F)CF.CC(F)(F)CF.O=S(=O)([O-])F.[H+]. The molecule has 33 heavy (non-hydrogen) atoms. The van der Waals surface area contributed by atoms with Gasteiger partial charge in [0.15, 0.2) is 13.3 Å². The Balaban J connectivity index is -0.0000000819. The summed E-state index contributed by atoms with van der Waals surface area (Å²) in [5.41, 5.74) is -5.26. The van der Waals surface area contributed by atoms with Crippen molar-refractivity contribution < 1.29 is 80.1 Å². The van der Waals surface area contributed by atoms with Crippen molar-refractivity contribution in [3.05, 3.63) is 0 Å². The fraction of sp³-hybridized carbons (Fsp3) is 1.00. The Kier molecular flexibility index (Phi) is 19.7. The van der Waals surface area contributed by atoms with E-state index in [2.05, 4.69) is 4.74 Å². The zero-order valence-corrected chi connectivity index (χ0v) is 15.6. The smallest absolute Gasteiger partial charge is 0.722 e. The molecular formula is C14H26F14O4S. The maximum Gasteiger partial charge on any atom is 1.00 e. The third-order valence-corrected chi connectivity index (χ3v) is 2.40. The zero-order chi connectivity index (χ0) is 25.6. The first kappa shape index (κ1) is 45.4. The van der Waals surface area contributed by atoms with Gasteiger partial charge in [0.25, 0.3) is 22.1 Å². The second kappa shape index (κ2) is 14.3. The van der Waals surface area contributed by atoms with Crippen molar-refractivity contribution >= 4 is 10.5 Å². The standard InChI is InChI=1S/C8H8F10O.C3H5F3.3CH4.FHO3S/c1-4(10,6(13,14)3-9)7(15,16)19-8(17,18)5(2,11)12;1-3(5,6)2-4;;;;1-5(2,3)4/h3H2,1-2H3;2H2,1H3;3*1H4;(H,2,3,4). The molecule has 210 valence electrons. The maximum atomic E-state index is 13.1. The van der Waals surface area contributed by atoms with E-state index < -0.39 is 73.4 Å². The van der Waals surface area contributed by atoms with Gasteiger partial charge in [0.05, 0.1) is 0 Å². The Hall–Kier alpha value is -1.11. The van der Waals surface area contributed by atoms with Crippen molar-refractivity contribution in [3.63, 3.8) is 0 Å². The lowest BCUT2D eigenvalue weighted by Crippen LogP contribution is -2.60. The van der Waals surface area contributed by atoms with Gasteiger partial charge in [-0.2, -0.15) is 35.1 Å². The molecule has 0 bridgehead atoms. The Morgan fingerprint density at radius 3 is 1.12 bits per heavy atom. The minimum Gasteiger partial charge on any atom is -0.722 e. The first-order valence-corrected chi connectivity index (χ1v) is 7.94. The van der Waals surface area contributed by atoms with Gasteiger partial charge in [-0.1, -0.05) is 22.3 Å². The molecule has 0 heterocycles. The van der Waals surface area contributed by atoms with Gasteiger partial charge < -0.3 is 4.55 Å². The van der Waals surface area contributed by atoms with Crippen LogP contribution in [0.2, 0.25) is 0 Å². The summed E-state index contributed by atoms with van der Waals surface area (Å²) in [6.07, 6.45) is -12.0. The van der Waals surface area contributed by atoms with Crippen LogP contribution in [0.4, 0.5) is 61.0 Å². The molecular weight excluding hydrogens is 530 g/mol. The van der Waals surface area contributed by atoms with Gasteiger partial charge in [0.1, 0.15) is 0 Å². The van der Waals surface area contributed by atoms with Gasteiger partial charge in [-0.3, -0.25) is 0 Å². The molecule has 0 fully saturated rings. The van der Waals surface area contributed by atoms with Crippen LogP contribution in [0, 0.1) is 0 Å². The quantitative estimate of drug-likeness (QED) is 0.189. The molecule has 0 amide bonds. The van der Waals surface area contributed by atoms with Crippen molar-refractivity contribution in [2.24, 2.45) is 0 Å². The fourth-order valence-electron chi connectivity index (χ4n) is 0.685. The lowest BCUT2D eigenvalue weighted by molar-refractivity contribution is -0.463. The molecule has 1 atom stereocenters. The Morgan fingerprint density at radius 2 is 0.970 bits per heavy atom. The predicted octanol–water partition coefficient (Wildman–Crippen LogP) is 7.22. The molecule has 0 aromatic carbocycles. The number of alkyl halides is 13. The van der Waals surface area contributed by atoms with Crippen LogP contribution in [-0.2, 0) is 15.2 Å². The minimum atomic E-state index is -6.06. The Bertz CT molecular complexity index is 611. The largest absolute Gasteiger partial charge is 1.00 e. The fourth-order valence-corrected chi connectivity index (χ4v) is 0.685. The molecule has 0 aliphatic heterocycles. The molecule has 0 saturated heterocycles. The van der Waals surface area contributed by atoms with Crippen molar-refractivity contribution in [1.82, 2.24) is 0 Å². The van der Waals surface area contributed by atoms with Crippen LogP contribution in [0.25, 0.3) is 0 Å². The van der Waals surface area contributed by atoms with Gasteiger partial charge in [0.2, 0.25) is 0 Å². The van der Waals surface area contributed by atoms with Crippen molar-refractivity contribution in [1.29, 1.82) is 0 Å². The second-order valence-electron chi connectivity index (χ2n) is 5.46. The first-order valence-electron chi connectivity index (χ1n) is 6.63. The summed E-state index contributed by atoms with van der Waals surface area (Å²) in [4.78, 5) is 0. The molecule has 0 aromatic rings. The Morgan fingerprint density at radius 1 is 0.727 bits per heavy atom. The molecule has 0 spiro atoms. The Labute approximate surface area is 183 Å². The average molecular weight is 556 g/mol. The lowest BCUT2D eigenvalue weighted by atomic mass is 9.99. The summed E-state index contributed by atoms with van der Waals surface area (Å²) < 4.78 is 196. The van der Waals surface area contributed by atoms with E-state index in [1.165, 1.54) is 0 Å².